The Morgan fingerprint density at radius 2 is 1.95 bits per heavy atom. The minimum atomic E-state index is -0.430. The number of hydrogen-bond donors (Lipinski definition) is 0. The fourth-order valence-electron chi connectivity index (χ4n) is 2.26. The standard InChI is InChI=1S/C16H14N2O3/c1-11-14(16(19)20-2)15(13-9-6-10-21-13)17-18(11)12-7-4-3-5-8-12/h3-10H,1-2H3. The molecule has 0 saturated heterocycles. The van der Waals surface area contributed by atoms with Gasteiger partial charge in [-0.1, -0.05) is 18.2 Å². The summed E-state index contributed by atoms with van der Waals surface area (Å²) in [6, 6.07) is 13.1. The van der Waals surface area contributed by atoms with Crippen LogP contribution in [0, 0.1) is 6.92 Å². The van der Waals surface area contributed by atoms with E-state index in [1.165, 1.54) is 7.11 Å². The molecule has 0 aliphatic carbocycles. The summed E-state index contributed by atoms with van der Waals surface area (Å²) in [5, 5.41) is 4.51. The molecular weight excluding hydrogens is 268 g/mol. The first-order valence-corrected chi connectivity index (χ1v) is 6.49. The Morgan fingerprint density at radius 1 is 1.19 bits per heavy atom. The third kappa shape index (κ3) is 2.23. The fourth-order valence-corrected chi connectivity index (χ4v) is 2.26. The fraction of sp³-hybridized carbons (Fsp3) is 0.125. The summed E-state index contributed by atoms with van der Waals surface area (Å²) in [5.41, 5.74) is 2.47. The van der Waals surface area contributed by atoms with E-state index in [9.17, 15) is 4.79 Å². The minimum Gasteiger partial charge on any atom is -0.465 e. The smallest absolute Gasteiger partial charge is 0.342 e. The van der Waals surface area contributed by atoms with Gasteiger partial charge in [-0.25, -0.2) is 9.48 Å². The second-order valence-electron chi connectivity index (χ2n) is 4.53. The number of carbonyl (C=O) groups is 1. The van der Waals surface area contributed by atoms with Crippen molar-refractivity contribution in [1.29, 1.82) is 0 Å². The maximum Gasteiger partial charge on any atom is 0.342 e. The van der Waals surface area contributed by atoms with Crippen molar-refractivity contribution in [2.24, 2.45) is 0 Å². The van der Waals surface area contributed by atoms with Crippen LogP contribution in [0.4, 0.5) is 0 Å². The van der Waals surface area contributed by atoms with Gasteiger partial charge in [0.25, 0.3) is 0 Å². The number of esters is 1. The highest BCUT2D eigenvalue weighted by Gasteiger charge is 2.25. The highest BCUT2D eigenvalue weighted by molar-refractivity contribution is 5.97. The van der Waals surface area contributed by atoms with E-state index in [0.717, 1.165) is 5.69 Å². The van der Waals surface area contributed by atoms with Crippen LogP contribution in [0.15, 0.2) is 53.1 Å². The van der Waals surface area contributed by atoms with Gasteiger partial charge in [0.05, 0.1) is 24.8 Å². The SMILES string of the molecule is COC(=O)c1c(-c2ccco2)nn(-c2ccccc2)c1C. The molecular formula is C16H14N2O3. The van der Waals surface area contributed by atoms with Gasteiger partial charge in [0.1, 0.15) is 11.3 Å². The number of aromatic nitrogens is 2. The molecule has 2 aromatic heterocycles. The Kier molecular flexibility index (Phi) is 3.31. The Bertz CT molecular complexity index is 758. The monoisotopic (exact) mass is 282 g/mol. The predicted octanol–water partition coefficient (Wildman–Crippen LogP) is 3.23. The summed E-state index contributed by atoms with van der Waals surface area (Å²) in [6.07, 6.45) is 1.55. The van der Waals surface area contributed by atoms with E-state index in [1.807, 2.05) is 37.3 Å². The molecule has 0 saturated carbocycles. The zero-order chi connectivity index (χ0) is 14.8. The second-order valence-corrected chi connectivity index (χ2v) is 4.53. The number of nitrogens with zero attached hydrogens (tertiary/aromatic N) is 2. The Balaban J connectivity index is 2.23. The van der Waals surface area contributed by atoms with Gasteiger partial charge in [-0.15, -0.1) is 0 Å². The molecule has 0 radical (unpaired) electrons. The molecule has 106 valence electrons. The molecule has 0 bridgehead atoms. The Labute approximate surface area is 121 Å². The molecule has 0 atom stereocenters. The average Bonchev–Trinajstić information content (AvgIpc) is 3.15. The largest absolute Gasteiger partial charge is 0.465 e. The van der Waals surface area contributed by atoms with Crippen molar-refractivity contribution < 1.29 is 13.9 Å². The van der Waals surface area contributed by atoms with Gasteiger partial charge in [0, 0.05) is 0 Å². The molecule has 0 aliphatic rings. The molecule has 3 rings (SSSR count). The lowest BCUT2D eigenvalue weighted by Gasteiger charge is -2.04. The first-order chi connectivity index (χ1) is 10.2. The molecule has 0 spiro atoms. The average molecular weight is 282 g/mol. The summed E-state index contributed by atoms with van der Waals surface area (Å²) >= 11 is 0. The van der Waals surface area contributed by atoms with E-state index in [1.54, 1.807) is 23.1 Å². The van der Waals surface area contributed by atoms with Crippen LogP contribution in [-0.4, -0.2) is 22.9 Å². The van der Waals surface area contributed by atoms with Crippen LogP contribution < -0.4 is 0 Å². The van der Waals surface area contributed by atoms with Gasteiger partial charge in [-0.05, 0) is 31.2 Å². The number of benzene rings is 1. The third-order valence-electron chi connectivity index (χ3n) is 3.26. The van der Waals surface area contributed by atoms with Crippen molar-refractivity contribution in [3.05, 3.63) is 60.0 Å². The normalized spacial score (nSPS) is 10.6. The number of carbonyl (C=O) groups excluding carboxylic acids is 1. The van der Waals surface area contributed by atoms with Crippen LogP contribution in [0.1, 0.15) is 16.1 Å². The summed E-state index contributed by atoms with van der Waals surface area (Å²) in [6.45, 7) is 1.83. The van der Waals surface area contributed by atoms with Crippen molar-refractivity contribution in [2.75, 3.05) is 7.11 Å². The highest BCUT2D eigenvalue weighted by Crippen LogP contribution is 2.28. The second kappa shape index (κ2) is 5.28. The van der Waals surface area contributed by atoms with Crippen molar-refractivity contribution in [1.82, 2.24) is 9.78 Å². The number of furan rings is 1. The number of para-hydroxylation sites is 1. The van der Waals surface area contributed by atoms with Crippen LogP contribution in [0.2, 0.25) is 0 Å². The van der Waals surface area contributed by atoms with Crippen LogP contribution in [0.3, 0.4) is 0 Å². The molecule has 0 aliphatic heterocycles. The summed E-state index contributed by atoms with van der Waals surface area (Å²) in [7, 11) is 1.35. The van der Waals surface area contributed by atoms with Gasteiger partial charge in [-0.2, -0.15) is 5.10 Å². The van der Waals surface area contributed by atoms with E-state index >= 15 is 0 Å². The van der Waals surface area contributed by atoms with Gasteiger partial charge >= 0.3 is 5.97 Å². The lowest BCUT2D eigenvalue weighted by molar-refractivity contribution is 0.0600. The molecule has 5 nitrogen and oxygen atoms in total. The van der Waals surface area contributed by atoms with Crippen molar-refractivity contribution in [3.63, 3.8) is 0 Å². The molecule has 2 heterocycles. The molecule has 1 aromatic carbocycles. The molecule has 3 aromatic rings. The maximum absolute atomic E-state index is 12.1. The summed E-state index contributed by atoms with van der Waals surface area (Å²) < 4.78 is 12.0. The van der Waals surface area contributed by atoms with Gasteiger partial charge in [0.2, 0.25) is 0 Å². The quantitative estimate of drug-likeness (QED) is 0.692. The molecule has 0 fully saturated rings. The van der Waals surface area contributed by atoms with E-state index in [0.29, 0.717) is 22.7 Å². The van der Waals surface area contributed by atoms with Crippen LogP contribution in [0.5, 0.6) is 0 Å². The third-order valence-corrected chi connectivity index (χ3v) is 3.26. The zero-order valence-electron chi connectivity index (χ0n) is 11.7. The van der Waals surface area contributed by atoms with Gasteiger partial charge < -0.3 is 9.15 Å². The summed E-state index contributed by atoms with van der Waals surface area (Å²) in [4.78, 5) is 12.1. The van der Waals surface area contributed by atoms with E-state index < -0.39 is 5.97 Å². The van der Waals surface area contributed by atoms with Gasteiger partial charge in [0.15, 0.2) is 5.76 Å². The number of hydrogen-bond acceptors (Lipinski definition) is 4. The molecule has 0 N–H and O–H groups in total. The highest BCUT2D eigenvalue weighted by atomic mass is 16.5. The van der Waals surface area contributed by atoms with E-state index in [2.05, 4.69) is 5.10 Å². The zero-order valence-corrected chi connectivity index (χ0v) is 11.7. The van der Waals surface area contributed by atoms with E-state index in [-0.39, 0.29) is 0 Å². The topological polar surface area (TPSA) is 57.3 Å². The molecule has 0 unspecified atom stereocenters. The molecule has 0 amide bonds. The lowest BCUT2D eigenvalue weighted by atomic mass is 10.1. The van der Waals surface area contributed by atoms with Crippen LogP contribution in [0.25, 0.3) is 17.1 Å². The first-order valence-electron chi connectivity index (χ1n) is 6.49. The first kappa shape index (κ1) is 13.2. The molecule has 5 heteroatoms. The number of ether oxygens (including phenoxy) is 1. The number of rotatable bonds is 3. The maximum atomic E-state index is 12.1. The Hall–Kier alpha value is -2.82. The number of methoxy groups -OCH3 is 1. The van der Waals surface area contributed by atoms with Crippen molar-refractivity contribution >= 4 is 5.97 Å². The van der Waals surface area contributed by atoms with Gasteiger partial charge in [-0.3, -0.25) is 0 Å². The predicted molar refractivity (Wildman–Crippen MR) is 77.3 cm³/mol. The van der Waals surface area contributed by atoms with Crippen molar-refractivity contribution in [2.45, 2.75) is 6.92 Å². The van der Waals surface area contributed by atoms with E-state index in [4.69, 9.17) is 9.15 Å². The van der Waals surface area contributed by atoms with Crippen molar-refractivity contribution in [3.8, 4) is 17.1 Å². The van der Waals surface area contributed by atoms with Crippen LogP contribution in [-0.2, 0) is 4.74 Å². The minimum absolute atomic E-state index is 0.413. The Morgan fingerprint density at radius 3 is 2.57 bits per heavy atom. The van der Waals surface area contributed by atoms with Crippen LogP contribution >= 0.6 is 0 Å². The summed E-state index contributed by atoms with van der Waals surface area (Å²) in [5.74, 6) is 0.106. The molecule has 21 heavy (non-hydrogen) atoms. The lowest BCUT2D eigenvalue weighted by Crippen LogP contribution is -2.05.